The lowest BCUT2D eigenvalue weighted by Crippen LogP contribution is -2.32. The molecule has 1 N–H and O–H groups in total. The van der Waals surface area contributed by atoms with Crippen LogP contribution in [-0.2, 0) is 13.2 Å². The molecule has 12 nitrogen and oxygen atoms in total. The molecule has 0 saturated heterocycles. The molecule has 3 aromatic rings. The largest absolute Gasteiger partial charge is 0.493 e. The van der Waals surface area contributed by atoms with Crippen molar-refractivity contribution in [3.05, 3.63) is 93.8 Å². The zero-order chi connectivity index (χ0) is 34.4. The molecule has 250 valence electrons. The molecule has 7 rings (SSSR count). The first kappa shape index (κ1) is 31.7. The molecule has 4 aliphatic heterocycles. The van der Waals surface area contributed by atoms with Gasteiger partial charge in [0, 0.05) is 37.0 Å². The Morgan fingerprint density at radius 3 is 1.57 bits per heavy atom. The van der Waals surface area contributed by atoms with Gasteiger partial charge in [-0.25, -0.2) is 4.79 Å². The number of benzene rings is 3. The van der Waals surface area contributed by atoms with Gasteiger partial charge in [0.1, 0.15) is 13.2 Å². The molecule has 4 aliphatic rings. The van der Waals surface area contributed by atoms with Crippen molar-refractivity contribution < 1.29 is 38.4 Å². The maximum absolute atomic E-state index is 13.3. The molecule has 4 heterocycles. The van der Waals surface area contributed by atoms with Crippen LogP contribution in [-0.4, -0.2) is 71.4 Å². The fourth-order valence-electron chi connectivity index (χ4n) is 6.48. The van der Waals surface area contributed by atoms with Gasteiger partial charge in [-0.15, -0.1) is 0 Å². The van der Waals surface area contributed by atoms with E-state index in [0.717, 1.165) is 24.0 Å². The first-order valence-electron chi connectivity index (χ1n) is 15.8. The standard InChI is InChI=1S/C37H34N4O8/c1-20-5-25-14-38-29-12-33(31(46-3)10-27(29)35(42)40(25)16-20)48-18-22-7-23(9-24(8-22)37(44)45)19-49-34-13-30-28(11-32(34)47-4)36(43)41-17-21(2)6-26(41)15-39-30/h7-17,25-26H,5-6,18-19H2,1-4H3,(H,44,45)/t25-,26-/m0/s1. The molecule has 12 heteroatoms. The molecule has 49 heavy (non-hydrogen) atoms. The highest BCUT2D eigenvalue weighted by Gasteiger charge is 2.33. The van der Waals surface area contributed by atoms with Crippen LogP contribution in [0, 0.1) is 0 Å². The van der Waals surface area contributed by atoms with Crippen LogP contribution in [0.3, 0.4) is 0 Å². The molecule has 0 bridgehead atoms. The average Bonchev–Trinajstić information content (AvgIpc) is 3.60. The van der Waals surface area contributed by atoms with Crippen molar-refractivity contribution in [2.45, 2.75) is 52.0 Å². The molecule has 0 fully saturated rings. The summed E-state index contributed by atoms with van der Waals surface area (Å²) in [5.74, 6) is -0.0407. The Bertz CT molecular complexity index is 1900. The number of hydrogen-bond acceptors (Lipinski definition) is 9. The van der Waals surface area contributed by atoms with Gasteiger partial charge in [-0.3, -0.25) is 19.6 Å². The Kier molecular flexibility index (Phi) is 8.15. The second-order valence-corrected chi connectivity index (χ2v) is 12.4. The van der Waals surface area contributed by atoms with Gasteiger partial charge in [0.05, 0.1) is 54.4 Å². The smallest absolute Gasteiger partial charge is 0.335 e. The number of fused-ring (bicyclic) bond motifs is 4. The van der Waals surface area contributed by atoms with Crippen LogP contribution in [0.25, 0.3) is 0 Å². The fraction of sp³-hybridized carbons (Fsp3) is 0.270. The summed E-state index contributed by atoms with van der Waals surface area (Å²) in [7, 11) is 2.98. The fourth-order valence-corrected chi connectivity index (χ4v) is 6.48. The highest BCUT2D eigenvalue weighted by Crippen LogP contribution is 2.40. The average molecular weight is 663 g/mol. The van der Waals surface area contributed by atoms with Gasteiger partial charge in [-0.1, -0.05) is 11.1 Å². The summed E-state index contributed by atoms with van der Waals surface area (Å²) in [6, 6.07) is 11.1. The zero-order valence-corrected chi connectivity index (χ0v) is 27.4. The molecule has 2 amide bonds. The predicted molar refractivity (Wildman–Crippen MR) is 181 cm³/mol. The number of carboxylic acids is 1. The van der Waals surface area contributed by atoms with Crippen molar-refractivity contribution in [1.29, 1.82) is 0 Å². The molecule has 0 unspecified atom stereocenters. The summed E-state index contributed by atoms with van der Waals surface area (Å²) in [6.45, 7) is 3.97. The number of aromatic carboxylic acids is 1. The van der Waals surface area contributed by atoms with Crippen molar-refractivity contribution in [2.75, 3.05) is 14.2 Å². The van der Waals surface area contributed by atoms with Crippen molar-refractivity contribution in [3.63, 3.8) is 0 Å². The molecular weight excluding hydrogens is 628 g/mol. The van der Waals surface area contributed by atoms with E-state index in [1.807, 2.05) is 26.2 Å². The maximum atomic E-state index is 13.3. The minimum absolute atomic E-state index is 0.00217. The zero-order valence-electron chi connectivity index (χ0n) is 27.4. The molecule has 2 atom stereocenters. The lowest BCUT2D eigenvalue weighted by atomic mass is 10.1. The Morgan fingerprint density at radius 2 is 1.16 bits per heavy atom. The molecule has 0 saturated carbocycles. The lowest BCUT2D eigenvalue weighted by Gasteiger charge is -2.19. The van der Waals surface area contributed by atoms with E-state index in [1.165, 1.54) is 26.4 Å². The Morgan fingerprint density at radius 1 is 0.714 bits per heavy atom. The third-order valence-corrected chi connectivity index (χ3v) is 8.85. The van der Waals surface area contributed by atoms with E-state index in [1.54, 1.807) is 52.6 Å². The van der Waals surface area contributed by atoms with Crippen LogP contribution in [0.4, 0.5) is 11.4 Å². The van der Waals surface area contributed by atoms with Crippen LogP contribution < -0.4 is 18.9 Å². The van der Waals surface area contributed by atoms with Crippen LogP contribution in [0.15, 0.2) is 76.0 Å². The van der Waals surface area contributed by atoms with Crippen LogP contribution in [0.1, 0.15) is 68.9 Å². The van der Waals surface area contributed by atoms with Gasteiger partial charge in [-0.05, 0) is 68.1 Å². The molecular formula is C37H34N4O8. The third kappa shape index (κ3) is 6.01. The van der Waals surface area contributed by atoms with Gasteiger partial charge in [0.25, 0.3) is 11.8 Å². The number of ether oxygens (including phenoxy) is 4. The monoisotopic (exact) mass is 662 g/mol. The van der Waals surface area contributed by atoms with E-state index in [2.05, 4.69) is 9.98 Å². The van der Waals surface area contributed by atoms with Crippen LogP contribution in [0.5, 0.6) is 23.0 Å². The maximum Gasteiger partial charge on any atom is 0.335 e. The second-order valence-electron chi connectivity index (χ2n) is 12.4. The van der Waals surface area contributed by atoms with Gasteiger partial charge in [0.15, 0.2) is 23.0 Å². The second kappa shape index (κ2) is 12.6. The minimum Gasteiger partial charge on any atom is -0.493 e. The summed E-state index contributed by atoms with van der Waals surface area (Å²) in [5.41, 5.74) is 5.13. The first-order valence-corrected chi connectivity index (χ1v) is 15.8. The molecule has 3 aromatic carbocycles. The number of rotatable bonds is 9. The van der Waals surface area contributed by atoms with Gasteiger partial charge in [0.2, 0.25) is 0 Å². The summed E-state index contributed by atoms with van der Waals surface area (Å²) in [6.07, 6.45) is 8.67. The highest BCUT2D eigenvalue weighted by molar-refractivity contribution is 6.05. The van der Waals surface area contributed by atoms with Crippen molar-refractivity contribution in [2.24, 2.45) is 9.98 Å². The molecule has 0 spiro atoms. The number of carbonyl (C=O) groups is 3. The number of carbonyl (C=O) groups excluding carboxylic acids is 2. The predicted octanol–water partition coefficient (Wildman–Crippen LogP) is 6.23. The first-order chi connectivity index (χ1) is 23.6. The number of hydrogen-bond donors (Lipinski definition) is 1. The van der Waals surface area contributed by atoms with E-state index in [-0.39, 0.29) is 42.7 Å². The number of methoxy groups -OCH3 is 2. The third-order valence-electron chi connectivity index (χ3n) is 8.85. The number of amides is 2. The SMILES string of the molecule is COc1cc2c(cc1OCc1cc(COc3cc4c(cc3OC)C(=O)N3C=C(C)C[C@H]3C=N4)cc(C(=O)O)c1)N=C[C@@H]1CC(C)=CN1C2=O. The van der Waals surface area contributed by atoms with E-state index in [4.69, 9.17) is 18.9 Å². The topological polar surface area (TPSA) is 140 Å². The summed E-state index contributed by atoms with van der Waals surface area (Å²) < 4.78 is 23.4. The van der Waals surface area contributed by atoms with Crippen molar-refractivity contribution >= 4 is 41.6 Å². The van der Waals surface area contributed by atoms with E-state index < -0.39 is 5.97 Å². The summed E-state index contributed by atoms with van der Waals surface area (Å²) in [4.78, 5) is 51.3. The number of nitrogens with zero attached hydrogens (tertiary/aromatic N) is 4. The highest BCUT2D eigenvalue weighted by atomic mass is 16.5. The summed E-state index contributed by atoms with van der Waals surface area (Å²) >= 11 is 0. The molecule has 0 aliphatic carbocycles. The normalized spacial score (nSPS) is 18.9. The van der Waals surface area contributed by atoms with Crippen LogP contribution in [0.2, 0.25) is 0 Å². The van der Waals surface area contributed by atoms with E-state index in [9.17, 15) is 19.5 Å². The van der Waals surface area contributed by atoms with E-state index in [0.29, 0.717) is 56.6 Å². The van der Waals surface area contributed by atoms with E-state index >= 15 is 0 Å². The molecule has 0 aromatic heterocycles. The quantitative estimate of drug-likeness (QED) is 0.285. The Balaban J connectivity index is 1.12. The van der Waals surface area contributed by atoms with Gasteiger partial charge in [-0.2, -0.15) is 0 Å². The van der Waals surface area contributed by atoms with Gasteiger partial charge >= 0.3 is 5.97 Å². The van der Waals surface area contributed by atoms with Crippen molar-refractivity contribution in [1.82, 2.24) is 9.80 Å². The Labute approximate surface area is 282 Å². The lowest BCUT2D eigenvalue weighted by molar-refractivity contribution is 0.0695. The summed E-state index contributed by atoms with van der Waals surface area (Å²) in [5, 5.41) is 9.87. The van der Waals surface area contributed by atoms with Crippen LogP contribution >= 0.6 is 0 Å². The number of aliphatic imine (C=N–C) groups is 2. The Hall–Kier alpha value is -5.91. The van der Waals surface area contributed by atoms with Crippen molar-refractivity contribution in [3.8, 4) is 23.0 Å². The van der Waals surface area contributed by atoms with Gasteiger partial charge < -0.3 is 33.9 Å². The molecule has 0 radical (unpaired) electrons. The number of carboxylic acid groups (broad SMARTS) is 1. The minimum atomic E-state index is -1.11.